The molecule has 0 heterocycles. The van der Waals surface area contributed by atoms with Crippen LogP contribution in [0.3, 0.4) is 0 Å². The van der Waals surface area contributed by atoms with Crippen molar-refractivity contribution in [1.29, 1.82) is 0 Å². The van der Waals surface area contributed by atoms with E-state index < -0.39 is 0 Å². The first kappa shape index (κ1) is 10.2. The van der Waals surface area contributed by atoms with Crippen molar-refractivity contribution < 1.29 is 4.43 Å². The molecule has 0 radical (unpaired) electrons. The average molecular weight is 160 g/mol. The number of rotatable bonds is 5. The molecule has 0 amide bonds. The Labute approximate surface area is 67.7 Å². The molecule has 62 valence electrons. The highest BCUT2D eigenvalue weighted by Gasteiger charge is 2.11. The number of hydrogen-bond acceptors (Lipinski definition) is 1. The third-order valence-corrected chi connectivity index (χ3v) is 2.96. The van der Waals surface area contributed by atoms with E-state index in [1.54, 1.807) is 0 Å². The molecule has 0 rings (SSSR count). The topological polar surface area (TPSA) is 9.23 Å². The van der Waals surface area contributed by atoms with Crippen LogP contribution >= 0.6 is 0 Å². The molecular weight excluding hydrogens is 140 g/mol. The van der Waals surface area contributed by atoms with Gasteiger partial charge in [0.05, 0.1) is 0 Å². The molecule has 0 aromatic heterocycles. The maximum atomic E-state index is 5.39. The van der Waals surface area contributed by atoms with Gasteiger partial charge in [0.25, 0.3) is 0 Å². The smallest absolute Gasteiger partial charge is 0.146 e. The molecule has 0 N–H and O–H groups in total. The van der Waals surface area contributed by atoms with Gasteiger partial charge in [-0.3, -0.25) is 0 Å². The summed E-state index contributed by atoms with van der Waals surface area (Å²) in [6, 6.07) is 0. The Bertz CT molecular complexity index is 75.7. The fourth-order valence-corrected chi connectivity index (χ4v) is 1.72. The van der Waals surface area contributed by atoms with Gasteiger partial charge in [0.15, 0.2) is 0 Å². The lowest BCUT2D eigenvalue weighted by Crippen LogP contribution is -2.18. The summed E-state index contributed by atoms with van der Waals surface area (Å²) >= 11 is 0. The summed E-state index contributed by atoms with van der Waals surface area (Å²) in [5.41, 5.74) is 0. The maximum Gasteiger partial charge on any atom is 0.146 e. The summed E-state index contributed by atoms with van der Waals surface area (Å²) < 4.78 is 5.39. The van der Waals surface area contributed by atoms with Crippen LogP contribution in [-0.4, -0.2) is 16.6 Å². The fourth-order valence-electron chi connectivity index (χ4n) is 1.33. The quantitative estimate of drug-likeness (QED) is 0.554. The van der Waals surface area contributed by atoms with Gasteiger partial charge in [0.1, 0.15) is 10.5 Å². The predicted molar refractivity (Wildman–Crippen MR) is 49.2 cm³/mol. The Hall–Kier alpha value is 0.177. The van der Waals surface area contributed by atoms with Crippen LogP contribution in [0.4, 0.5) is 0 Å². The molecule has 1 nitrogen and oxygen atoms in total. The Morgan fingerprint density at radius 1 is 1.40 bits per heavy atom. The zero-order chi connectivity index (χ0) is 7.98. The van der Waals surface area contributed by atoms with Gasteiger partial charge in [-0.25, -0.2) is 0 Å². The average Bonchev–Trinajstić information content (AvgIpc) is 1.99. The van der Waals surface area contributed by atoms with Gasteiger partial charge in [-0.1, -0.05) is 26.7 Å². The van der Waals surface area contributed by atoms with Gasteiger partial charge in [0.2, 0.25) is 0 Å². The first-order chi connectivity index (χ1) is 4.76. The van der Waals surface area contributed by atoms with Crippen molar-refractivity contribution in [3.63, 3.8) is 0 Å². The lowest BCUT2D eigenvalue weighted by Gasteiger charge is -2.20. The highest BCUT2D eigenvalue weighted by molar-refractivity contribution is 5.98. The van der Waals surface area contributed by atoms with Crippen LogP contribution in [-0.2, 0) is 4.43 Å². The first-order valence-electron chi connectivity index (χ1n) is 4.29. The van der Waals surface area contributed by atoms with E-state index in [0.717, 1.165) is 16.4 Å². The van der Waals surface area contributed by atoms with Crippen LogP contribution in [0, 0.1) is 5.92 Å². The molecule has 2 heteroatoms. The van der Waals surface area contributed by atoms with E-state index in [1.165, 1.54) is 19.3 Å². The van der Waals surface area contributed by atoms with E-state index in [0.29, 0.717) is 6.10 Å². The molecule has 2 atom stereocenters. The summed E-state index contributed by atoms with van der Waals surface area (Å²) in [5, 5.41) is 0. The standard InChI is InChI=1S/C8H20OSi/c1-4-6-8(5-2)7(3)9-10/h7-8H,4-6H2,1-3,10H3. The number of hydrogen-bond donors (Lipinski definition) is 0. The van der Waals surface area contributed by atoms with Crippen LogP contribution in [0.25, 0.3) is 0 Å². The summed E-state index contributed by atoms with van der Waals surface area (Å²) in [6.45, 7) is 6.68. The minimum Gasteiger partial charge on any atom is -0.425 e. The van der Waals surface area contributed by atoms with Crippen molar-refractivity contribution in [1.82, 2.24) is 0 Å². The molecule has 0 bridgehead atoms. The van der Waals surface area contributed by atoms with Crippen molar-refractivity contribution in [2.24, 2.45) is 5.92 Å². The van der Waals surface area contributed by atoms with Gasteiger partial charge in [0, 0.05) is 6.10 Å². The predicted octanol–water partition coefficient (Wildman–Crippen LogP) is 1.50. The van der Waals surface area contributed by atoms with Gasteiger partial charge in [-0.15, -0.1) is 0 Å². The molecular formula is C8H20OSi. The highest BCUT2D eigenvalue weighted by Crippen LogP contribution is 2.16. The van der Waals surface area contributed by atoms with E-state index in [2.05, 4.69) is 20.8 Å². The Morgan fingerprint density at radius 2 is 2.00 bits per heavy atom. The Morgan fingerprint density at radius 3 is 2.30 bits per heavy atom. The molecule has 0 saturated carbocycles. The highest BCUT2D eigenvalue weighted by atomic mass is 28.2. The summed E-state index contributed by atoms with van der Waals surface area (Å²) in [4.78, 5) is 0. The summed E-state index contributed by atoms with van der Waals surface area (Å²) in [5.74, 6) is 0.794. The molecule has 0 aliphatic carbocycles. The molecule has 0 aromatic rings. The lowest BCUT2D eigenvalue weighted by molar-refractivity contribution is 0.154. The minimum atomic E-state index is 0.497. The third kappa shape index (κ3) is 3.37. The van der Waals surface area contributed by atoms with Crippen LogP contribution in [0.5, 0.6) is 0 Å². The zero-order valence-corrected chi connectivity index (χ0v) is 9.68. The van der Waals surface area contributed by atoms with Gasteiger partial charge in [-0.05, 0) is 19.3 Å². The van der Waals surface area contributed by atoms with Crippen LogP contribution in [0.15, 0.2) is 0 Å². The molecule has 2 unspecified atom stereocenters. The van der Waals surface area contributed by atoms with Crippen LogP contribution < -0.4 is 0 Å². The normalized spacial score (nSPS) is 17.1. The zero-order valence-electron chi connectivity index (χ0n) is 7.68. The molecule has 0 aliphatic heterocycles. The molecule has 0 fully saturated rings. The Balaban J connectivity index is 3.56. The second kappa shape index (κ2) is 5.92. The van der Waals surface area contributed by atoms with E-state index in [-0.39, 0.29) is 0 Å². The second-order valence-electron chi connectivity index (χ2n) is 2.90. The third-order valence-electron chi connectivity index (χ3n) is 2.22. The van der Waals surface area contributed by atoms with Crippen molar-refractivity contribution >= 4 is 10.5 Å². The van der Waals surface area contributed by atoms with E-state index in [9.17, 15) is 0 Å². The van der Waals surface area contributed by atoms with Crippen molar-refractivity contribution in [3.8, 4) is 0 Å². The second-order valence-corrected chi connectivity index (χ2v) is 3.37. The monoisotopic (exact) mass is 160 g/mol. The molecule has 0 saturated heterocycles. The molecule has 0 aromatic carbocycles. The summed E-state index contributed by atoms with van der Waals surface area (Å²) in [6.07, 6.45) is 4.36. The van der Waals surface area contributed by atoms with Gasteiger partial charge in [-0.2, -0.15) is 0 Å². The van der Waals surface area contributed by atoms with Crippen LogP contribution in [0.1, 0.15) is 40.0 Å². The largest absolute Gasteiger partial charge is 0.425 e. The van der Waals surface area contributed by atoms with Crippen LogP contribution in [0.2, 0.25) is 0 Å². The minimum absolute atomic E-state index is 0.497. The SMILES string of the molecule is CCCC(CC)C(C)O[SiH3]. The van der Waals surface area contributed by atoms with Crippen molar-refractivity contribution in [3.05, 3.63) is 0 Å². The summed E-state index contributed by atoms with van der Waals surface area (Å²) in [7, 11) is 0.882. The van der Waals surface area contributed by atoms with Gasteiger partial charge < -0.3 is 4.43 Å². The Kier molecular flexibility index (Phi) is 6.03. The molecule has 0 aliphatic rings. The van der Waals surface area contributed by atoms with Crippen molar-refractivity contribution in [2.45, 2.75) is 46.1 Å². The van der Waals surface area contributed by atoms with E-state index in [4.69, 9.17) is 4.43 Å². The van der Waals surface area contributed by atoms with E-state index >= 15 is 0 Å². The first-order valence-corrected chi connectivity index (χ1v) is 5.10. The molecule has 0 spiro atoms. The molecule has 10 heavy (non-hydrogen) atoms. The fraction of sp³-hybridized carbons (Fsp3) is 1.00. The maximum absolute atomic E-state index is 5.39. The van der Waals surface area contributed by atoms with E-state index in [1.807, 2.05) is 0 Å². The lowest BCUT2D eigenvalue weighted by atomic mass is 9.96. The van der Waals surface area contributed by atoms with Gasteiger partial charge >= 0.3 is 0 Å². The van der Waals surface area contributed by atoms with Crippen molar-refractivity contribution in [2.75, 3.05) is 0 Å².